The van der Waals surface area contributed by atoms with E-state index in [2.05, 4.69) is 18.5 Å². The lowest BCUT2D eigenvalue weighted by Gasteiger charge is -1.99. The van der Waals surface area contributed by atoms with Crippen molar-refractivity contribution in [3.63, 3.8) is 0 Å². The highest BCUT2D eigenvalue weighted by Gasteiger charge is 1.91. The zero-order chi connectivity index (χ0) is 10.3. The predicted molar refractivity (Wildman–Crippen MR) is 53.5 cm³/mol. The van der Waals surface area contributed by atoms with Crippen LogP contribution in [0.1, 0.15) is 0 Å². The van der Waals surface area contributed by atoms with Crippen LogP contribution in [0.3, 0.4) is 0 Å². The normalized spacial score (nSPS) is 11.2. The maximum atomic E-state index is 10.4. The number of nitrogens with two attached hydrogens (primary N) is 2. The first-order valence-corrected chi connectivity index (χ1v) is 3.58. The van der Waals surface area contributed by atoms with Gasteiger partial charge in [-0.3, -0.25) is 0 Å². The van der Waals surface area contributed by atoms with Crippen LogP contribution in [0.25, 0.3) is 0 Å². The van der Waals surface area contributed by atoms with E-state index in [-0.39, 0.29) is 0 Å². The summed E-state index contributed by atoms with van der Waals surface area (Å²) in [5, 5.41) is 2.36. The second-order valence-corrected chi connectivity index (χ2v) is 2.25. The quantitative estimate of drug-likeness (QED) is 0.557. The Kier molecular flexibility index (Phi) is 4.79. The zero-order valence-corrected chi connectivity index (χ0v) is 7.29. The van der Waals surface area contributed by atoms with Gasteiger partial charge in [-0.25, -0.2) is 4.79 Å². The van der Waals surface area contributed by atoms with E-state index in [1.54, 1.807) is 18.2 Å². The van der Waals surface area contributed by atoms with Crippen molar-refractivity contribution in [1.82, 2.24) is 5.32 Å². The summed E-state index contributed by atoms with van der Waals surface area (Å²) in [5.74, 6) is 0. The fraction of sp³-hybridized carbons (Fsp3) is 0. The topological polar surface area (TPSA) is 81.1 Å². The SMILES string of the molecule is C=C/C(=C\C=C/C(=C)N)NC(N)=O. The highest BCUT2D eigenvalue weighted by molar-refractivity contribution is 5.74. The molecule has 4 heteroatoms. The van der Waals surface area contributed by atoms with Crippen LogP contribution < -0.4 is 16.8 Å². The van der Waals surface area contributed by atoms with Crippen LogP contribution in [-0.4, -0.2) is 6.03 Å². The van der Waals surface area contributed by atoms with Crippen molar-refractivity contribution in [3.8, 4) is 0 Å². The van der Waals surface area contributed by atoms with E-state index >= 15 is 0 Å². The molecule has 0 aliphatic carbocycles. The van der Waals surface area contributed by atoms with E-state index < -0.39 is 6.03 Å². The van der Waals surface area contributed by atoms with Gasteiger partial charge in [0.05, 0.1) is 0 Å². The first-order valence-electron chi connectivity index (χ1n) is 3.58. The Morgan fingerprint density at radius 1 is 1.38 bits per heavy atom. The number of carbonyl (C=O) groups excluding carboxylic acids is 1. The number of hydrogen-bond donors (Lipinski definition) is 3. The number of rotatable bonds is 4. The van der Waals surface area contributed by atoms with Crippen LogP contribution in [0.15, 0.2) is 48.9 Å². The average molecular weight is 179 g/mol. The Balaban J connectivity index is 4.30. The van der Waals surface area contributed by atoms with Crippen molar-refractivity contribution in [2.45, 2.75) is 0 Å². The summed E-state index contributed by atoms with van der Waals surface area (Å²) in [6.45, 7) is 6.95. The molecule has 0 aliphatic heterocycles. The van der Waals surface area contributed by atoms with Gasteiger partial charge in [0.15, 0.2) is 0 Å². The molecule has 0 heterocycles. The lowest BCUT2D eigenvalue weighted by molar-refractivity contribution is 0.251. The van der Waals surface area contributed by atoms with Crippen LogP contribution in [-0.2, 0) is 0 Å². The Hall–Kier alpha value is -1.97. The third-order valence-electron chi connectivity index (χ3n) is 1.07. The highest BCUT2D eigenvalue weighted by Crippen LogP contribution is 1.91. The van der Waals surface area contributed by atoms with Crippen LogP contribution in [0, 0.1) is 0 Å². The minimum atomic E-state index is -0.633. The van der Waals surface area contributed by atoms with E-state index in [9.17, 15) is 4.79 Å². The van der Waals surface area contributed by atoms with Gasteiger partial charge >= 0.3 is 6.03 Å². The molecular formula is C9H13N3O. The summed E-state index contributed by atoms with van der Waals surface area (Å²) in [5.41, 5.74) is 11.1. The number of carbonyl (C=O) groups is 1. The van der Waals surface area contributed by atoms with E-state index in [1.165, 1.54) is 6.08 Å². The minimum Gasteiger partial charge on any atom is -0.399 e. The molecule has 0 aromatic heterocycles. The number of primary amides is 1. The highest BCUT2D eigenvalue weighted by atomic mass is 16.2. The number of hydrogen-bond acceptors (Lipinski definition) is 2. The van der Waals surface area contributed by atoms with Crippen molar-refractivity contribution < 1.29 is 4.79 Å². The molecule has 0 fully saturated rings. The maximum absolute atomic E-state index is 10.4. The smallest absolute Gasteiger partial charge is 0.316 e. The second kappa shape index (κ2) is 5.65. The van der Waals surface area contributed by atoms with Crippen LogP contribution in [0.4, 0.5) is 4.79 Å². The third kappa shape index (κ3) is 6.43. The van der Waals surface area contributed by atoms with Crippen molar-refractivity contribution in [2.75, 3.05) is 0 Å². The van der Waals surface area contributed by atoms with Crippen LogP contribution >= 0.6 is 0 Å². The fourth-order valence-electron chi connectivity index (χ4n) is 0.578. The summed E-state index contributed by atoms with van der Waals surface area (Å²) in [4.78, 5) is 10.4. The number of allylic oxidation sites excluding steroid dienone is 4. The lowest BCUT2D eigenvalue weighted by Crippen LogP contribution is -2.27. The fourth-order valence-corrected chi connectivity index (χ4v) is 0.578. The third-order valence-corrected chi connectivity index (χ3v) is 1.07. The van der Waals surface area contributed by atoms with E-state index in [0.717, 1.165) is 0 Å². The van der Waals surface area contributed by atoms with Gasteiger partial charge in [-0.15, -0.1) is 0 Å². The van der Waals surface area contributed by atoms with Crippen LogP contribution in [0.5, 0.6) is 0 Å². The predicted octanol–water partition coefficient (Wildman–Crippen LogP) is 0.753. The van der Waals surface area contributed by atoms with E-state index in [1.807, 2.05) is 0 Å². The van der Waals surface area contributed by atoms with Gasteiger partial charge in [-0.05, 0) is 18.2 Å². The molecule has 0 spiro atoms. The largest absolute Gasteiger partial charge is 0.399 e. The molecule has 0 saturated carbocycles. The summed E-state index contributed by atoms with van der Waals surface area (Å²) < 4.78 is 0. The Morgan fingerprint density at radius 3 is 2.38 bits per heavy atom. The second-order valence-electron chi connectivity index (χ2n) is 2.25. The Bertz CT molecular complexity index is 277. The molecule has 0 aromatic rings. The first-order chi connectivity index (χ1) is 6.06. The zero-order valence-electron chi connectivity index (χ0n) is 7.29. The van der Waals surface area contributed by atoms with Crippen LogP contribution in [0.2, 0.25) is 0 Å². The molecular weight excluding hydrogens is 166 g/mol. The molecule has 0 bridgehead atoms. The van der Waals surface area contributed by atoms with Crippen molar-refractivity contribution in [3.05, 3.63) is 48.9 Å². The van der Waals surface area contributed by atoms with Gasteiger partial charge in [-0.2, -0.15) is 0 Å². The van der Waals surface area contributed by atoms with Gasteiger partial charge in [0.1, 0.15) is 0 Å². The monoisotopic (exact) mass is 179 g/mol. The van der Waals surface area contributed by atoms with Gasteiger partial charge in [-0.1, -0.05) is 19.2 Å². The molecule has 0 rings (SSSR count). The summed E-state index contributed by atoms with van der Waals surface area (Å²) in [6.07, 6.45) is 6.30. The van der Waals surface area contributed by atoms with Gasteiger partial charge in [0.2, 0.25) is 0 Å². The molecule has 0 aliphatic rings. The summed E-state index contributed by atoms with van der Waals surface area (Å²) >= 11 is 0. The molecule has 0 saturated heterocycles. The lowest BCUT2D eigenvalue weighted by atomic mass is 10.3. The molecule has 0 aromatic carbocycles. The molecule has 4 nitrogen and oxygen atoms in total. The Labute approximate surface area is 77.3 Å². The van der Waals surface area contributed by atoms with Gasteiger partial charge in [0, 0.05) is 11.4 Å². The van der Waals surface area contributed by atoms with Gasteiger partial charge < -0.3 is 16.8 Å². The molecule has 0 radical (unpaired) electrons. The van der Waals surface area contributed by atoms with Crippen molar-refractivity contribution in [1.29, 1.82) is 0 Å². The van der Waals surface area contributed by atoms with Gasteiger partial charge in [0.25, 0.3) is 0 Å². The number of urea groups is 1. The molecule has 2 amide bonds. The summed E-state index contributed by atoms with van der Waals surface area (Å²) in [6, 6.07) is -0.633. The standard InChI is InChI=1S/C9H13N3O/c1-3-8(12-9(11)13)6-4-5-7(2)10/h3-6H,1-2,10H2,(H3,11,12,13)/b5-4-,8-6+. The first kappa shape index (κ1) is 11.0. The van der Waals surface area contributed by atoms with E-state index in [0.29, 0.717) is 11.4 Å². The molecule has 70 valence electrons. The van der Waals surface area contributed by atoms with E-state index in [4.69, 9.17) is 11.5 Å². The molecule has 13 heavy (non-hydrogen) atoms. The molecule has 0 unspecified atom stereocenters. The Morgan fingerprint density at radius 2 is 2.00 bits per heavy atom. The molecule has 0 atom stereocenters. The average Bonchev–Trinajstić information content (AvgIpc) is 2.01. The van der Waals surface area contributed by atoms with Crippen molar-refractivity contribution in [2.24, 2.45) is 11.5 Å². The minimum absolute atomic E-state index is 0.429. The maximum Gasteiger partial charge on any atom is 0.316 e. The number of amides is 2. The summed E-state index contributed by atoms with van der Waals surface area (Å²) in [7, 11) is 0. The molecule has 5 N–H and O–H groups in total. The number of nitrogens with one attached hydrogen (secondary N) is 1. The van der Waals surface area contributed by atoms with Crippen molar-refractivity contribution >= 4 is 6.03 Å².